The van der Waals surface area contributed by atoms with Gasteiger partial charge in [-0.05, 0) is 72.2 Å². The highest BCUT2D eigenvalue weighted by atomic mass is 35.5. The lowest BCUT2D eigenvalue weighted by Crippen LogP contribution is -2.20. The highest BCUT2D eigenvalue weighted by Gasteiger charge is 2.20. The summed E-state index contributed by atoms with van der Waals surface area (Å²) in [4.78, 5) is 26.2. The van der Waals surface area contributed by atoms with E-state index < -0.39 is 11.8 Å². The third-order valence-electron chi connectivity index (χ3n) is 6.25. The third kappa shape index (κ3) is 6.19. The zero-order valence-electron chi connectivity index (χ0n) is 19.9. The number of benzene rings is 3. The van der Waals surface area contributed by atoms with Gasteiger partial charge >= 0.3 is 0 Å². The summed E-state index contributed by atoms with van der Waals surface area (Å²) in [5.74, 6) is 0.00277. The fraction of sp³-hybridized carbons (Fsp3) is 0.286. The van der Waals surface area contributed by atoms with Crippen molar-refractivity contribution in [2.24, 2.45) is 0 Å². The summed E-state index contributed by atoms with van der Waals surface area (Å²) < 4.78 is 0. The van der Waals surface area contributed by atoms with Crippen molar-refractivity contribution in [3.05, 3.63) is 93.0 Å². The van der Waals surface area contributed by atoms with Gasteiger partial charge in [-0.25, -0.2) is 0 Å². The van der Waals surface area contributed by atoms with Crippen LogP contribution < -0.4 is 10.6 Å². The molecule has 2 unspecified atom stereocenters. The molecule has 2 atom stereocenters. The van der Waals surface area contributed by atoms with Crippen molar-refractivity contribution in [2.45, 2.75) is 52.4 Å². The second-order valence-corrected chi connectivity index (χ2v) is 9.40. The molecule has 0 aliphatic carbocycles. The highest BCUT2D eigenvalue weighted by molar-refractivity contribution is 6.42. The Hall–Kier alpha value is -2.82. The van der Waals surface area contributed by atoms with Crippen LogP contribution in [0, 0.1) is 0 Å². The topological polar surface area (TPSA) is 58.2 Å². The van der Waals surface area contributed by atoms with Crippen molar-refractivity contribution < 1.29 is 9.59 Å². The van der Waals surface area contributed by atoms with Crippen LogP contribution in [0.15, 0.2) is 60.7 Å². The smallest absolute Gasteiger partial charge is 0.256 e. The molecule has 34 heavy (non-hydrogen) atoms. The summed E-state index contributed by atoms with van der Waals surface area (Å²) in [6.45, 7) is 8.59. The van der Waals surface area contributed by atoms with Crippen LogP contribution >= 0.6 is 23.2 Å². The highest BCUT2D eigenvalue weighted by Crippen LogP contribution is 2.28. The number of halogens is 2. The molecular formula is C28H30Cl2N2O2. The van der Waals surface area contributed by atoms with E-state index in [0.717, 1.165) is 12.8 Å². The molecule has 2 N–H and O–H groups in total. The van der Waals surface area contributed by atoms with E-state index in [1.165, 1.54) is 23.3 Å². The van der Waals surface area contributed by atoms with Gasteiger partial charge in [-0.3, -0.25) is 9.59 Å². The van der Waals surface area contributed by atoms with E-state index in [4.69, 9.17) is 23.2 Å². The number of hydrogen-bond donors (Lipinski definition) is 2. The average molecular weight is 497 g/mol. The molecule has 0 saturated heterocycles. The SMILES string of the molecule is CCC(C)c1ccc(NC(=O)c2cc(Cl)c(Cl)cc2C(=O)Nc2ccc(C(C)CC)cc2)cc1. The molecule has 0 fully saturated rings. The first-order valence-corrected chi connectivity index (χ1v) is 12.3. The molecule has 3 aromatic carbocycles. The van der Waals surface area contributed by atoms with E-state index in [1.807, 2.05) is 48.5 Å². The number of anilines is 2. The molecule has 178 valence electrons. The van der Waals surface area contributed by atoms with Gasteiger partial charge in [0.1, 0.15) is 0 Å². The number of hydrogen-bond acceptors (Lipinski definition) is 2. The minimum absolute atomic E-state index is 0.147. The van der Waals surface area contributed by atoms with Crippen molar-refractivity contribution in [1.29, 1.82) is 0 Å². The Labute approximate surface area is 211 Å². The van der Waals surface area contributed by atoms with Crippen LogP contribution in [-0.4, -0.2) is 11.8 Å². The van der Waals surface area contributed by atoms with Crippen LogP contribution in [0.25, 0.3) is 0 Å². The van der Waals surface area contributed by atoms with Gasteiger partial charge in [-0.1, -0.05) is 75.2 Å². The second kappa shape index (κ2) is 11.5. The standard InChI is InChI=1S/C28H30Cl2N2O2/c1-5-17(3)19-7-11-21(12-8-19)31-27(33)23-15-25(29)26(30)16-24(23)28(34)32-22-13-9-20(10-14-22)18(4)6-2/h7-18H,5-6H2,1-4H3,(H,31,33)(H,32,34). The van der Waals surface area contributed by atoms with E-state index in [-0.39, 0.29) is 21.2 Å². The molecule has 0 radical (unpaired) electrons. The van der Waals surface area contributed by atoms with Gasteiger partial charge in [0, 0.05) is 11.4 Å². The zero-order valence-corrected chi connectivity index (χ0v) is 21.4. The number of carbonyl (C=O) groups is 2. The van der Waals surface area contributed by atoms with Gasteiger partial charge in [0.25, 0.3) is 11.8 Å². The molecule has 6 heteroatoms. The third-order valence-corrected chi connectivity index (χ3v) is 6.97. The maximum atomic E-state index is 13.1. The van der Waals surface area contributed by atoms with Crippen molar-refractivity contribution in [1.82, 2.24) is 0 Å². The Kier molecular flexibility index (Phi) is 8.76. The fourth-order valence-electron chi connectivity index (χ4n) is 3.58. The van der Waals surface area contributed by atoms with Crippen molar-refractivity contribution in [3.63, 3.8) is 0 Å². The van der Waals surface area contributed by atoms with Gasteiger partial charge in [0.15, 0.2) is 0 Å². The monoisotopic (exact) mass is 496 g/mol. The quantitative estimate of drug-likeness (QED) is 0.328. The Morgan fingerprint density at radius 2 is 1.00 bits per heavy atom. The summed E-state index contributed by atoms with van der Waals surface area (Å²) >= 11 is 12.4. The Balaban J connectivity index is 1.82. The van der Waals surface area contributed by atoms with E-state index >= 15 is 0 Å². The Morgan fingerprint density at radius 3 is 1.29 bits per heavy atom. The van der Waals surface area contributed by atoms with Gasteiger partial charge in [-0.2, -0.15) is 0 Å². The molecule has 4 nitrogen and oxygen atoms in total. The van der Waals surface area contributed by atoms with Gasteiger partial charge in [0.05, 0.1) is 21.2 Å². The van der Waals surface area contributed by atoms with Crippen LogP contribution in [0.5, 0.6) is 0 Å². The molecule has 0 aliphatic rings. The van der Waals surface area contributed by atoms with Gasteiger partial charge in [-0.15, -0.1) is 0 Å². The van der Waals surface area contributed by atoms with Crippen LogP contribution in [-0.2, 0) is 0 Å². The molecule has 0 spiro atoms. The number of nitrogens with one attached hydrogen (secondary N) is 2. The van der Waals surface area contributed by atoms with E-state index in [9.17, 15) is 9.59 Å². The van der Waals surface area contributed by atoms with Crippen molar-refractivity contribution in [2.75, 3.05) is 10.6 Å². The summed E-state index contributed by atoms with van der Waals surface area (Å²) in [6, 6.07) is 18.3. The molecule has 3 aromatic rings. The molecular weight excluding hydrogens is 467 g/mol. The molecule has 3 rings (SSSR count). The van der Waals surface area contributed by atoms with E-state index in [1.54, 1.807) is 0 Å². The first kappa shape index (κ1) is 25.8. The molecule has 0 aromatic heterocycles. The zero-order chi connectivity index (χ0) is 24.8. The lowest BCUT2D eigenvalue weighted by atomic mass is 9.98. The number of carbonyl (C=O) groups excluding carboxylic acids is 2. The van der Waals surface area contributed by atoms with Crippen molar-refractivity contribution >= 4 is 46.4 Å². The molecule has 2 amide bonds. The Morgan fingerprint density at radius 1 is 0.676 bits per heavy atom. The predicted molar refractivity (Wildman–Crippen MR) is 143 cm³/mol. The average Bonchev–Trinajstić information content (AvgIpc) is 2.85. The molecule has 0 bridgehead atoms. The minimum Gasteiger partial charge on any atom is -0.322 e. The lowest BCUT2D eigenvalue weighted by Gasteiger charge is -2.14. The summed E-state index contributed by atoms with van der Waals surface area (Å²) in [5.41, 5.74) is 3.97. The maximum Gasteiger partial charge on any atom is 0.256 e. The summed E-state index contributed by atoms with van der Waals surface area (Å²) in [6.07, 6.45) is 2.07. The minimum atomic E-state index is -0.438. The van der Waals surface area contributed by atoms with Crippen LogP contribution in [0.4, 0.5) is 11.4 Å². The Bertz CT molecular complexity index is 1070. The fourth-order valence-corrected chi connectivity index (χ4v) is 3.91. The number of rotatable bonds is 8. The largest absolute Gasteiger partial charge is 0.322 e. The van der Waals surface area contributed by atoms with Crippen molar-refractivity contribution in [3.8, 4) is 0 Å². The van der Waals surface area contributed by atoms with E-state index in [0.29, 0.717) is 23.2 Å². The molecule has 0 saturated carbocycles. The summed E-state index contributed by atoms with van der Waals surface area (Å²) in [7, 11) is 0. The predicted octanol–water partition coefficient (Wildman–Crippen LogP) is 8.53. The van der Waals surface area contributed by atoms with Crippen LogP contribution in [0.1, 0.15) is 84.2 Å². The number of amides is 2. The first-order chi connectivity index (χ1) is 16.2. The molecule has 0 heterocycles. The lowest BCUT2D eigenvalue weighted by molar-refractivity contribution is 0.0990. The summed E-state index contributed by atoms with van der Waals surface area (Å²) in [5, 5.41) is 6.11. The maximum absolute atomic E-state index is 13.1. The van der Waals surface area contributed by atoms with Gasteiger partial charge in [0.2, 0.25) is 0 Å². The van der Waals surface area contributed by atoms with Crippen LogP contribution in [0.3, 0.4) is 0 Å². The van der Waals surface area contributed by atoms with Crippen LogP contribution in [0.2, 0.25) is 10.0 Å². The van der Waals surface area contributed by atoms with E-state index in [2.05, 4.69) is 38.3 Å². The first-order valence-electron chi connectivity index (χ1n) is 11.5. The normalized spacial score (nSPS) is 12.6. The molecule has 0 aliphatic heterocycles. The second-order valence-electron chi connectivity index (χ2n) is 8.58. The van der Waals surface area contributed by atoms with Gasteiger partial charge < -0.3 is 10.6 Å².